The van der Waals surface area contributed by atoms with Crippen LogP contribution in [0.5, 0.6) is 0 Å². The molecule has 2 amide bonds. The van der Waals surface area contributed by atoms with Gasteiger partial charge in [-0.05, 0) is 109 Å². The molecule has 9 heteroatoms. The van der Waals surface area contributed by atoms with Gasteiger partial charge >= 0.3 is 11.9 Å². The first-order valence-electron chi connectivity index (χ1n) is 28.7. The zero-order valence-electron chi connectivity index (χ0n) is 45.1. The number of carbonyl (C=O) groups is 4. The largest absolute Gasteiger partial charge is 0.465 e. The van der Waals surface area contributed by atoms with E-state index >= 15 is 0 Å². The van der Waals surface area contributed by atoms with Gasteiger partial charge in [-0.25, -0.2) is 0 Å². The molecule has 0 saturated carbocycles. The molecular formula is C57H111N3O6. The SMILES string of the molecule is CCCCCCN(CCCCCC(=O)OCC(CC)CCCC)C(=O)CCCCCCCN(C)CCCCCCCC(=O)N(CCCCCC)CCCCCC(=O)OCC(CC)CCCC. The van der Waals surface area contributed by atoms with Crippen LogP contribution in [0.2, 0.25) is 0 Å². The van der Waals surface area contributed by atoms with Crippen molar-refractivity contribution in [2.45, 2.75) is 273 Å². The Labute approximate surface area is 409 Å². The van der Waals surface area contributed by atoms with Gasteiger partial charge in [0, 0.05) is 51.9 Å². The lowest BCUT2D eigenvalue weighted by molar-refractivity contribution is -0.146. The quantitative estimate of drug-likeness (QED) is 0.0443. The molecule has 0 aliphatic carbocycles. The van der Waals surface area contributed by atoms with Gasteiger partial charge in [0.1, 0.15) is 0 Å². The summed E-state index contributed by atoms with van der Waals surface area (Å²) in [6.07, 6.45) is 37.7. The van der Waals surface area contributed by atoms with Gasteiger partial charge in [0.15, 0.2) is 0 Å². The molecule has 2 atom stereocenters. The number of hydrogen-bond acceptors (Lipinski definition) is 7. The van der Waals surface area contributed by atoms with Crippen LogP contribution in [0.4, 0.5) is 0 Å². The third-order valence-corrected chi connectivity index (χ3v) is 13.8. The summed E-state index contributed by atoms with van der Waals surface area (Å²) in [5, 5.41) is 0. The van der Waals surface area contributed by atoms with Crippen LogP contribution in [0.25, 0.3) is 0 Å². The van der Waals surface area contributed by atoms with Crippen LogP contribution in [0.15, 0.2) is 0 Å². The highest BCUT2D eigenvalue weighted by Gasteiger charge is 2.16. The molecular weight excluding hydrogens is 823 g/mol. The summed E-state index contributed by atoms with van der Waals surface area (Å²) in [5.41, 5.74) is 0. The van der Waals surface area contributed by atoms with Crippen molar-refractivity contribution in [1.82, 2.24) is 14.7 Å². The van der Waals surface area contributed by atoms with E-state index < -0.39 is 0 Å². The first kappa shape index (κ1) is 63.8. The van der Waals surface area contributed by atoms with Crippen molar-refractivity contribution in [2.75, 3.05) is 59.5 Å². The van der Waals surface area contributed by atoms with Crippen LogP contribution in [-0.2, 0) is 28.7 Å². The van der Waals surface area contributed by atoms with Crippen LogP contribution in [0.3, 0.4) is 0 Å². The highest BCUT2D eigenvalue weighted by Crippen LogP contribution is 2.17. The zero-order valence-corrected chi connectivity index (χ0v) is 45.1. The monoisotopic (exact) mass is 934 g/mol. The van der Waals surface area contributed by atoms with E-state index in [-0.39, 0.29) is 11.9 Å². The lowest BCUT2D eigenvalue weighted by Crippen LogP contribution is -2.32. The molecule has 9 nitrogen and oxygen atoms in total. The number of hydrogen-bond donors (Lipinski definition) is 0. The summed E-state index contributed by atoms with van der Waals surface area (Å²) in [4.78, 5) is 57.8. The Bertz CT molecular complexity index is 1040. The van der Waals surface area contributed by atoms with E-state index in [2.05, 4.69) is 63.3 Å². The Morgan fingerprint density at radius 1 is 0.348 bits per heavy atom. The van der Waals surface area contributed by atoms with Crippen molar-refractivity contribution in [2.24, 2.45) is 11.8 Å². The lowest BCUT2D eigenvalue weighted by Gasteiger charge is -2.23. The molecule has 0 N–H and O–H groups in total. The van der Waals surface area contributed by atoms with Crippen molar-refractivity contribution in [1.29, 1.82) is 0 Å². The molecule has 0 aromatic heterocycles. The third kappa shape index (κ3) is 39.8. The van der Waals surface area contributed by atoms with Gasteiger partial charge in [-0.1, -0.05) is 170 Å². The van der Waals surface area contributed by atoms with Gasteiger partial charge in [0.25, 0.3) is 0 Å². The van der Waals surface area contributed by atoms with Crippen molar-refractivity contribution >= 4 is 23.8 Å². The van der Waals surface area contributed by atoms with E-state index in [0.29, 0.717) is 62.5 Å². The van der Waals surface area contributed by atoms with Crippen molar-refractivity contribution in [3.8, 4) is 0 Å². The molecule has 0 spiro atoms. The fourth-order valence-electron chi connectivity index (χ4n) is 8.85. The van der Waals surface area contributed by atoms with Gasteiger partial charge in [-0.3, -0.25) is 19.2 Å². The second kappa shape index (κ2) is 47.9. The number of amides is 2. The Hall–Kier alpha value is -2.16. The predicted molar refractivity (Wildman–Crippen MR) is 280 cm³/mol. The first-order chi connectivity index (χ1) is 32.1. The predicted octanol–water partition coefficient (Wildman–Crippen LogP) is 15.1. The molecule has 0 bridgehead atoms. The summed E-state index contributed by atoms with van der Waals surface area (Å²) in [7, 11) is 2.24. The second-order valence-corrected chi connectivity index (χ2v) is 20.0. The van der Waals surface area contributed by atoms with E-state index in [9.17, 15) is 19.2 Å². The van der Waals surface area contributed by atoms with Crippen molar-refractivity contribution in [3.63, 3.8) is 0 Å². The van der Waals surface area contributed by atoms with E-state index in [1.54, 1.807) is 0 Å². The lowest BCUT2D eigenvalue weighted by atomic mass is 10.0. The van der Waals surface area contributed by atoms with Gasteiger partial charge in [0.05, 0.1) is 13.2 Å². The number of ether oxygens (including phenoxy) is 2. The average Bonchev–Trinajstić information content (AvgIpc) is 3.31. The molecule has 2 unspecified atom stereocenters. The summed E-state index contributed by atoms with van der Waals surface area (Å²) >= 11 is 0. The number of esters is 2. The normalized spacial score (nSPS) is 12.4. The van der Waals surface area contributed by atoms with Crippen LogP contribution < -0.4 is 0 Å². The van der Waals surface area contributed by atoms with Crippen molar-refractivity contribution in [3.05, 3.63) is 0 Å². The summed E-state index contributed by atoms with van der Waals surface area (Å²) in [5.74, 6) is 1.46. The van der Waals surface area contributed by atoms with E-state index in [1.807, 2.05) is 0 Å². The summed E-state index contributed by atoms with van der Waals surface area (Å²) in [6, 6.07) is 0. The van der Waals surface area contributed by atoms with Gasteiger partial charge in [-0.2, -0.15) is 0 Å². The van der Waals surface area contributed by atoms with Crippen LogP contribution in [0, 0.1) is 11.8 Å². The van der Waals surface area contributed by atoms with Gasteiger partial charge < -0.3 is 24.2 Å². The molecule has 0 radical (unpaired) electrons. The van der Waals surface area contributed by atoms with Crippen LogP contribution in [0.1, 0.15) is 273 Å². The molecule has 0 rings (SSSR count). The molecule has 0 saturated heterocycles. The maximum Gasteiger partial charge on any atom is 0.305 e. The van der Waals surface area contributed by atoms with E-state index in [0.717, 1.165) is 142 Å². The molecule has 66 heavy (non-hydrogen) atoms. The molecule has 0 aromatic carbocycles. The molecule has 0 heterocycles. The number of unbranched alkanes of at least 4 members (excludes halogenated alkanes) is 20. The minimum Gasteiger partial charge on any atom is -0.465 e. The highest BCUT2D eigenvalue weighted by molar-refractivity contribution is 5.76. The molecule has 390 valence electrons. The molecule has 0 aliphatic rings. The first-order valence-corrected chi connectivity index (χ1v) is 28.7. The minimum absolute atomic E-state index is 0.0670. The average molecular weight is 935 g/mol. The van der Waals surface area contributed by atoms with Crippen LogP contribution in [-0.4, -0.2) is 98.0 Å². The van der Waals surface area contributed by atoms with E-state index in [1.165, 1.54) is 103 Å². The Balaban J connectivity index is 4.24. The fourth-order valence-corrected chi connectivity index (χ4v) is 8.85. The van der Waals surface area contributed by atoms with E-state index in [4.69, 9.17) is 9.47 Å². The molecule has 0 fully saturated rings. The standard InChI is InChI=1S/C57H111N3O6/c1-8-14-18-34-46-59(48-36-26-30-42-56(63)65-50-52(12-5)38-16-10-3)54(61)40-28-22-20-24-32-44-58(7)45-33-25-21-23-29-41-55(62)60(47-35-19-15-9-2)49-37-27-31-43-57(64)66-51-53(13-6)39-17-11-4/h52-53H,8-51H2,1-7H3. The molecule has 0 aromatic rings. The van der Waals surface area contributed by atoms with Gasteiger partial charge in [-0.15, -0.1) is 0 Å². The second-order valence-electron chi connectivity index (χ2n) is 20.0. The van der Waals surface area contributed by atoms with Crippen molar-refractivity contribution < 1.29 is 28.7 Å². The topological polar surface area (TPSA) is 96.5 Å². The van der Waals surface area contributed by atoms with Crippen LogP contribution >= 0.6 is 0 Å². The third-order valence-electron chi connectivity index (χ3n) is 13.8. The minimum atomic E-state index is -0.0670. The zero-order chi connectivity index (χ0) is 48.7. The number of nitrogens with zero attached hydrogens (tertiary/aromatic N) is 3. The number of carbonyl (C=O) groups excluding carboxylic acids is 4. The Morgan fingerprint density at radius 2 is 0.636 bits per heavy atom. The maximum atomic E-state index is 13.2. The summed E-state index contributed by atoms with van der Waals surface area (Å²) in [6.45, 7) is 19.9. The Morgan fingerprint density at radius 3 is 0.985 bits per heavy atom. The fraction of sp³-hybridized carbons (Fsp3) is 0.930. The van der Waals surface area contributed by atoms with Gasteiger partial charge in [0.2, 0.25) is 11.8 Å². The Kier molecular flexibility index (Phi) is 46.3. The summed E-state index contributed by atoms with van der Waals surface area (Å²) < 4.78 is 11.2. The molecule has 0 aliphatic heterocycles. The highest BCUT2D eigenvalue weighted by atomic mass is 16.5. The maximum absolute atomic E-state index is 13.2. The smallest absolute Gasteiger partial charge is 0.305 e. The number of rotatable bonds is 50.